The van der Waals surface area contributed by atoms with E-state index in [1.54, 1.807) is 38.1 Å². The van der Waals surface area contributed by atoms with Crippen LogP contribution in [0.3, 0.4) is 0 Å². The Labute approximate surface area is 145 Å². The van der Waals surface area contributed by atoms with Gasteiger partial charge in [-0.2, -0.15) is 4.98 Å². The zero-order valence-corrected chi connectivity index (χ0v) is 14.2. The molecular formula is C17H19N5O3. The van der Waals surface area contributed by atoms with E-state index in [-0.39, 0.29) is 11.9 Å². The first kappa shape index (κ1) is 16.7. The highest BCUT2D eigenvalue weighted by atomic mass is 16.5. The Morgan fingerprint density at radius 1 is 1.28 bits per heavy atom. The summed E-state index contributed by atoms with van der Waals surface area (Å²) in [7, 11) is 0. The minimum Gasteiger partial charge on any atom is -0.439 e. The van der Waals surface area contributed by atoms with Crippen molar-refractivity contribution in [3.05, 3.63) is 36.0 Å². The minimum absolute atomic E-state index is 0.119. The van der Waals surface area contributed by atoms with Crippen molar-refractivity contribution >= 4 is 23.6 Å². The van der Waals surface area contributed by atoms with Crippen molar-refractivity contribution < 1.29 is 14.3 Å². The van der Waals surface area contributed by atoms with Gasteiger partial charge in [-0.15, -0.1) is 0 Å². The van der Waals surface area contributed by atoms with Crippen molar-refractivity contribution in [1.82, 2.24) is 15.3 Å². The van der Waals surface area contributed by atoms with E-state index in [1.807, 2.05) is 6.92 Å². The Kier molecular flexibility index (Phi) is 4.03. The molecule has 3 amide bonds. The number of carbonyl (C=O) groups excluding carboxylic acids is 2. The van der Waals surface area contributed by atoms with Gasteiger partial charge in [-0.25, -0.2) is 14.7 Å². The number of aromatic nitrogens is 2. The fourth-order valence-electron chi connectivity index (χ4n) is 2.59. The van der Waals surface area contributed by atoms with Gasteiger partial charge in [0.2, 0.25) is 11.8 Å². The van der Waals surface area contributed by atoms with Crippen LogP contribution in [0.15, 0.2) is 30.5 Å². The van der Waals surface area contributed by atoms with E-state index >= 15 is 0 Å². The molecule has 1 aromatic heterocycles. The van der Waals surface area contributed by atoms with Gasteiger partial charge in [0.1, 0.15) is 11.3 Å². The number of hydrogen-bond donors (Lipinski definition) is 2. The summed E-state index contributed by atoms with van der Waals surface area (Å²) in [5, 5.41) is 2.66. The van der Waals surface area contributed by atoms with Gasteiger partial charge in [0, 0.05) is 12.3 Å². The van der Waals surface area contributed by atoms with Crippen molar-refractivity contribution in [2.24, 2.45) is 0 Å². The Morgan fingerprint density at radius 3 is 2.64 bits per heavy atom. The third kappa shape index (κ3) is 3.10. The van der Waals surface area contributed by atoms with Crippen LogP contribution in [0.4, 0.5) is 16.4 Å². The summed E-state index contributed by atoms with van der Waals surface area (Å²) in [5.41, 5.74) is 5.97. The highest BCUT2D eigenvalue weighted by molar-refractivity contribution is 6.23. The van der Waals surface area contributed by atoms with E-state index in [0.29, 0.717) is 23.7 Å². The van der Waals surface area contributed by atoms with E-state index < -0.39 is 11.6 Å². The number of nitrogens with two attached hydrogens (primary N) is 1. The zero-order chi connectivity index (χ0) is 18.2. The molecule has 0 atom stereocenters. The van der Waals surface area contributed by atoms with Crippen LogP contribution in [0.25, 0.3) is 0 Å². The maximum absolute atomic E-state index is 12.4. The molecule has 0 saturated carbocycles. The molecule has 0 spiro atoms. The standard InChI is InChI=1S/C17H19N5O3/c1-4-10-9-11(22-14(23)17(2,3)21-16(22)24)5-6-12(10)25-13-7-8-19-15(18)20-13/h5-9H,4H2,1-3H3,(H,21,24)(H2,18,19,20). The van der Waals surface area contributed by atoms with Crippen LogP contribution >= 0.6 is 0 Å². The monoisotopic (exact) mass is 341 g/mol. The quantitative estimate of drug-likeness (QED) is 0.825. The largest absolute Gasteiger partial charge is 0.439 e. The van der Waals surface area contributed by atoms with Crippen LogP contribution in [-0.2, 0) is 11.2 Å². The van der Waals surface area contributed by atoms with Crippen LogP contribution < -0.4 is 20.7 Å². The number of carbonyl (C=O) groups is 2. The van der Waals surface area contributed by atoms with Crippen LogP contribution in [0.5, 0.6) is 11.6 Å². The molecule has 2 aromatic rings. The highest BCUT2D eigenvalue weighted by Gasteiger charge is 2.45. The van der Waals surface area contributed by atoms with Gasteiger partial charge in [0.15, 0.2) is 0 Å². The van der Waals surface area contributed by atoms with Crippen molar-refractivity contribution in [3.8, 4) is 11.6 Å². The lowest BCUT2D eigenvalue weighted by Crippen LogP contribution is -2.40. The van der Waals surface area contributed by atoms with Gasteiger partial charge in [-0.05, 0) is 44.0 Å². The lowest BCUT2D eigenvalue weighted by atomic mass is 10.1. The Morgan fingerprint density at radius 2 is 2.04 bits per heavy atom. The molecule has 130 valence electrons. The number of benzene rings is 1. The predicted molar refractivity (Wildman–Crippen MR) is 92.4 cm³/mol. The molecule has 0 unspecified atom stereocenters. The Bertz CT molecular complexity index is 850. The van der Waals surface area contributed by atoms with Gasteiger partial charge in [0.05, 0.1) is 5.69 Å². The highest BCUT2D eigenvalue weighted by Crippen LogP contribution is 2.31. The van der Waals surface area contributed by atoms with Gasteiger partial charge in [-0.1, -0.05) is 6.92 Å². The van der Waals surface area contributed by atoms with Gasteiger partial charge < -0.3 is 15.8 Å². The number of nitrogens with one attached hydrogen (secondary N) is 1. The summed E-state index contributed by atoms with van der Waals surface area (Å²) in [6, 6.07) is 6.30. The Hall–Kier alpha value is -3.16. The number of rotatable bonds is 4. The molecule has 1 aromatic carbocycles. The molecule has 8 nitrogen and oxygen atoms in total. The fraction of sp³-hybridized carbons (Fsp3) is 0.294. The summed E-state index contributed by atoms with van der Waals surface area (Å²) < 4.78 is 5.76. The normalized spacial score (nSPS) is 16.0. The number of nitrogen functional groups attached to an aromatic ring is 1. The molecule has 0 radical (unpaired) electrons. The number of imide groups is 1. The number of anilines is 2. The number of aryl methyl sites for hydroxylation is 1. The number of urea groups is 1. The molecule has 2 heterocycles. The molecular weight excluding hydrogens is 322 g/mol. The summed E-state index contributed by atoms with van der Waals surface area (Å²) in [5.74, 6) is 0.729. The number of amides is 3. The van der Waals surface area contributed by atoms with Crippen LogP contribution in [-0.4, -0.2) is 27.4 Å². The zero-order valence-electron chi connectivity index (χ0n) is 14.2. The first-order valence-electron chi connectivity index (χ1n) is 7.88. The molecule has 0 aliphatic carbocycles. The molecule has 1 aliphatic rings. The fourth-order valence-corrected chi connectivity index (χ4v) is 2.59. The third-order valence-corrected chi connectivity index (χ3v) is 3.91. The molecule has 1 fully saturated rings. The maximum Gasteiger partial charge on any atom is 0.329 e. The SMILES string of the molecule is CCc1cc(N2C(=O)NC(C)(C)C2=O)ccc1Oc1ccnc(N)n1. The second-order valence-electron chi connectivity index (χ2n) is 6.20. The van der Waals surface area contributed by atoms with E-state index in [9.17, 15) is 9.59 Å². The average Bonchev–Trinajstić information content (AvgIpc) is 2.76. The summed E-state index contributed by atoms with van der Waals surface area (Å²) >= 11 is 0. The van der Waals surface area contributed by atoms with Crippen LogP contribution in [0.2, 0.25) is 0 Å². The van der Waals surface area contributed by atoms with Gasteiger partial charge in [0.25, 0.3) is 5.91 Å². The summed E-state index contributed by atoms with van der Waals surface area (Å²) in [6.45, 7) is 5.30. The lowest BCUT2D eigenvalue weighted by Gasteiger charge is -2.18. The van der Waals surface area contributed by atoms with Crippen molar-refractivity contribution in [3.63, 3.8) is 0 Å². The number of nitrogens with zero attached hydrogens (tertiary/aromatic N) is 3. The van der Waals surface area contributed by atoms with Crippen molar-refractivity contribution in [2.75, 3.05) is 10.6 Å². The van der Waals surface area contributed by atoms with Crippen LogP contribution in [0.1, 0.15) is 26.3 Å². The summed E-state index contributed by atoms with van der Waals surface area (Å²) in [6.07, 6.45) is 2.16. The predicted octanol–water partition coefficient (Wildman–Crippen LogP) is 2.25. The summed E-state index contributed by atoms with van der Waals surface area (Å²) in [4.78, 5) is 33.5. The van der Waals surface area contributed by atoms with Crippen molar-refractivity contribution in [2.45, 2.75) is 32.7 Å². The molecule has 8 heteroatoms. The van der Waals surface area contributed by atoms with E-state index in [2.05, 4.69) is 15.3 Å². The molecule has 1 saturated heterocycles. The number of hydrogen-bond acceptors (Lipinski definition) is 6. The van der Waals surface area contributed by atoms with Crippen LogP contribution in [0, 0.1) is 0 Å². The number of ether oxygens (including phenoxy) is 1. The lowest BCUT2D eigenvalue weighted by molar-refractivity contribution is -0.121. The van der Waals surface area contributed by atoms with E-state index in [1.165, 1.54) is 6.20 Å². The minimum atomic E-state index is -0.920. The second kappa shape index (κ2) is 6.04. The smallest absolute Gasteiger partial charge is 0.329 e. The molecule has 0 bridgehead atoms. The molecule has 3 rings (SSSR count). The topological polar surface area (TPSA) is 110 Å². The molecule has 1 aliphatic heterocycles. The third-order valence-electron chi connectivity index (χ3n) is 3.91. The first-order valence-corrected chi connectivity index (χ1v) is 7.88. The van der Waals surface area contributed by atoms with Crippen molar-refractivity contribution in [1.29, 1.82) is 0 Å². The average molecular weight is 341 g/mol. The van der Waals surface area contributed by atoms with Gasteiger partial charge >= 0.3 is 6.03 Å². The second-order valence-corrected chi connectivity index (χ2v) is 6.20. The molecule has 3 N–H and O–H groups in total. The molecule has 25 heavy (non-hydrogen) atoms. The first-order chi connectivity index (χ1) is 11.8. The van der Waals surface area contributed by atoms with E-state index in [4.69, 9.17) is 10.5 Å². The maximum atomic E-state index is 12.4. The Balaban J connectivity index is 1.92. The van der Waals surface area contributed by atoms with Gasteiger partial charge in [-0.3, -0.25) is 4.79 Å². The van der Waals surface area contributed by atoms with E-state index in [0.717, 1.165) is 10.5 Å².